The maximum atomic E-state index is 13.6. The number of hydrogen-bond acceptors (Lipinski definition) is 2. The number of aromatic nitrogens is 1. The van der Waals surface area contributed by atoms with E-state index in [1.807, 2.05) is 35.7 Å². The van der Waals surface area contributed by atoms with Crippen molar-refractivity contribution in [1.29, 1.82) is 0 Å². The third-order valence-corrected chi connectivity index (χ3v) is 4.48. The van der Waals surface area contributed by atoms with E-state index in [2.05, 4.69) is 20.9 Å². The van der Waals surface area contributed by atoms with Crippen LogP contribution in [0.3, 0.4) is 0 Å². The van der Waals surface area contributed by atoms with Gasteiger partial charge in [-0.25, -0.2) is 9.37 Å². The van der Waals surface area contributed by atoms with Gasteiger partial charge in [-0.3, -0.25) is 0 Å². The highest BCUT2D eigenvalue weighted by atomic mass is 79.9. The van der Waals surface area contributed by atoms with Crippen LogP contribution in [0.25, 0.3) is 21.8 Å². The lowest BCUT2D eigenvalue weighted by atomic mass is 10.1. The van der Waals surface area contributed by atoms with Gasteiger partial charge in [0.1, 0.15) is 10.8 Å². The molecule has 0 unspecified atom stereocenters. The molecule has 3 aromatic rings. The molecule has 4 heteroatoms. The fourth-order valence-electron chi connectivity index (χ4n) is 1.88. The van der Waals surface area contributed by atoms with Crippen LogP contribution >= 0.6 is 27.3 Å². The summed E-state index contributed by atoms with van der Waals surface area (Å²) in [6, 6.07) is 13.2. The molecule has 0 aliphatic heterocycles. The number of benzene rings is 2. The fraction of sp³-hybridized carbons (Fsp3) is 0.0625. The molecule has 0 amide bonds. The highest BCUT2D eigenvalue weighted by Gasteiger charge is 2.08. The highest BCUT2D eigenvalue weighted by molar-refractivity contribution is 9.10. The van der Waals surface area contributed by atoms with Crippen LogP contribution in [0.2, 0.25) is 0 Å². The van der Waals surface area contributed by atoms with Gasteiger partial charge in [0, 0.05) is 21.0 Å². The predicted octanol–water partition coefficient (Wildman–Crippen LogP) is 5.69. The Kier molecular flexibility index (Phi) is 3.68. The van der Waals surface area contributed by atoms with Crippen molar-refractivity contribution in [3.05, 3.63) is 63.7 Å². The summed E-state index contributed by atoms with van der Waals surface area (Å²) in [5.41, 5.74) is 3.34. The van der Waals surface area contributed by atoms with Crippen LogP contribution in [0.5, 0.6) is 0 Å². The lowest BCUT2D eigenvalue weighted by Crippen LogP contribution is -1.85. The Balaban J connectivity index is 1.97. The van der Waals surface area contributed by atoms with E-state index in [9.17, 15) is 4.39 Å². The summed E-state index contributed by atoms with van der Waals surface area (Å²) >= 11 is 4.98. The summed E-state index contributed by atoms with van der Waals surface area (Å²) in [6.45, 7) is 1.76. The maximum Gasteiger partial charge on any atom is 0.126 e. The molecule has 0 radical (unpaired) electrons. The zero-order chi connectivity index (χ0) is 14.1. The Morgan fingerprint density at radius 1 is 1.05 bits per heavy atom. The Bertz CT molecular complexity index is 749. The first kappa shape index (κ1) is 13.5. The van der Waals surface area contributed by atoms with Crippen molar-refractivity contribution in [1.82, 2.24) is 4.98 Å². The third kappa shape index (κ3) is 2.67. The van der Waals surface area contributed by atoms with E-state index < -0.39 is 0 Å². The molecule has 0 spiro atoms. The van der Waals surface area contributed by atoms with Gasteiger partial charge in [0.25, 0.3) is 0 Å². The standard InChI is InChI=1S/C16H11BrFNS/c1-10-2-3-12(8-14(10)18)15-9-20-16(19-15)11-4-6-13(17)7-5-11/h2-9H,1H3. The van der Waals surface area contributed by atoms with E-state index in [1.54, 1.807) is 24.3 Å². The first-order valence-electron chi connectivity index (χ1n) is 6.11. The van der Waals surface area contributed by atoms with Crippen LogP contribution in [0.1, 0.15) is 5.56 Å². The van der Waals surface area contributed by atoms with Gasteiger partial charge in [0.05, 0.1) is 5.69 Å². The van der Waals surface area contributed by atoms with Crippen molar-refractivity contribution in [2.24, 2.45) is 0 Å². The molecule has 1 heterocycles. The molecule has 0 fully saturated rings. The molecule has 0 atom stereocenters. The third-order valence-electron chi connectivity index (χ3n) is 3.06. The molecule has 0 aliphatic carbocycles. The van der Waals surface area contributed by atoms with Gasteiger partial charge in [-0.05, 0) is 30.7 Å². The number of halogens is 2. The SMILES string of the molecule is Cc1ccc(-c2csc(-c3ccc(Br)cc3)n2)cc1F. The lowest BCUT2D eigenvalue weighted by molar-refractivity contribution is 0.619. The van der Waals surface area contributed by atoms with Gasteiger partial charge >= 0.3 is 0 Å². The van der Waals surface area contributed by atoms with Gasteiger partial charge in [-0.2, -0.15) is 0 Å². The van der Waals surface area contributed by atoms with Gasteiger partial charge in [0.2, 0.25) is 0 Å². The van der Waals surface area contributed by atoms with E-state index in [-0.39, 0.29) is 5.82 Å². The number of aryl methyl sites for hydroxylation is 1. The molecule has 0 N–H and O–H groups in total. The molecule has 0 saturated carbocycles. The zero-order valence-electron chi connectivity index (χ0n) is 10.7. The molecular weight excluding hydrogens is 337 g/mol. The van der Waals surface area contributed by atoms with E-state index in [0.29, 0.717) is 5.56 Å². The minimum absolute atomic E-state index is 0.194. The molecule has 0 bridgehead atoms. The van der Waals surface area contributed by atoms with E-state index in [1.165, 1.54) is 6.07 Å². The first-order chi connectivity index (χ1) is 9.63. The normalized spacial score (nSPS) is 10.8. The molecule has 0 aliphatic rings. The van der Waals surface area contributed by atoms with Crippen molar-refractivity contribution >= 4 is 27.3 Å². The average molecular weight is 348 g/mol. The Morgan fingerprint density at radius 2 is 1.75 bits per heavy atom. The van der Waals surface area contributed by atoms with E-state index in [4.69, 9.17) is 0 Å². The smallest absolute Gasteiger partial charge is 0.126 e. The van der Waals surface area contributed by atoms with Gasteiger partial charge in [0.15, 0.2) is 0 Å². The van der Waals surface area contributed by atoms with Crippen LogP contribution in [-0.2, 0) is 0 Å². The fourth-order valence-corrected chi connectivity index (χ4v) is 2.98. The predicted molar refractivity (Wildman–Crippen MR) is 85.4 cm³/mol. The average Bonchev–Trinajstić information content (AvgIpc) is 2.92. The first-order valence-corrected chi connectivity index (χ1v) is 7.79. The summed E-state index contributed by atoms with van der Waals surface area (Å²) in [7, 11) is 0. The second-order valence-corrected chi connectivity index (χ2v) is 6.28. The summed E-state index contributed by atoms with van der Waals surface area (Å²) < 4.78 is 14.6. The second kappa shape index (κ2) is 5.46. The molecule has 20 heavy (non-hydrogen) atoms. The van der Waals surface area contributed by atoms with Crippen molar-refractivity contribution in [2.45, 2.75) is 6.92 Å². The summed E-state index contributed by atoms with van der Waals surface area (Å²) in [6.07, 6.45) is 0. The summed E-state index contributed by atoms with van der Waals surface area (Å²) in [5.74, 6) is -0.194. The summed E-state index contributed by atoms with van der Waals surface area (Å²) in [4.78, 5) is 4.59. The molecule has 0 saturated heterocycles. The molecule has 2 aromatic carbocycles. The van der Waals surface area contributed by atoms with Crippen molar-refractivity contribution in [2.75, 3.05) is 0 Å². The number of nitrogens with zero attached hydrogens (tertiary/aromatic N) is 1. The minimum Gasteiger partial charge on any atom is -0.236 e. The Hall–Kier alpha value is -1.52. The molecule has 1 nitrogen and oxygen atoms in total. The van der Waals surface area contributed by atoms with Crippen molar-refractivity contribution < 1.29 is 4.39 Å². The van der Waals surface area contributed by atoms with Crippen LogP contribution in [0.15, 0.2) is 52.3 Å². The molecule has 100 valence electrons. The number of thiazole rings is 1. The highest BCUT2D eigenvalue weighted by Crippen LogP contribution is 2.30. The largest absolute Gasteiger partial charge is 0.236 e. The number of hydrogen-bond donors (Lipinski definition) is 0. The minimum atomic E-state index is -0.194. The monoisotopic (exact) mass is 347 g/mol. The van der Waals surface area contributed by atoms with E-state index >= 15 is 0 Å². The quantitative estimate of drug-likeness (QED) is 0.580. The van der Waals surface area contributed by atoms with Crippen LogP contribution in [0.4, 0.5) is 4.39 Å². The van der Waals surface area contributed by atoms with Crippen LogP contribution in [-0.4, -0.2) is 4.98 Å². The summed E-state index contributed by atoms with van der Waals surface area (Å²) in [5, 5.41) is 2.90. The number of rotatable bonds is 2. The van der Waals surface area contributed by atoms with Crippen molar-refractivity contribution in [3.63, 3.8) is 0 Å². The van der Waals surface area contributed by atoms with Gasteiger partial charge in [-0.1, -0.05) is 40.2 Å². The van der Waals surface area contributed by atoms with Gasteiger partial charge < -0.3 is 0 Å². The topological polar surface area (TPSA) is 12.9 Å². The molecule has 3 rings (SSSR count). The zero-order valence-corrected chi connectivity index (χ0v) is 13.1. The van der Waals surface area contributed by atoms with Gasteiger partial charge in [-0.15, -0.1) is 11.3 Å². The Labute approximate surface area is 129 Å². The van der Waals surface area contributed by atoms with Crippen LogP contribution < -0.4 is 0 Å². The van der Waals surface area contributed by atoms with E-state index in [0.717, 1.165) is 26.3 Å². The molecular formula is C16H11BrFNS. The Morgan fingerprint density at radius 3 is 2.45 bits per heavy atom. The van der Waals surface area contributed by atoms with Crippen LogP contribution in [0, 0.1) is 12.7 Å². The van der Waals surface area contributed by atoms with Crippen molar-refractivity contribution in [3.8, 4) is 21.8 Å². The second-order valence-electron chi connectivity index (χ2n) is 4.51. The molecule has 1 aromatic heterocycles. The lowest BCUT2D eigenvalue weighted by Gasteiger charge is -2.00. The maximum absolute atomic E-state index is 13.6.